The third-order valence-electron chi connectivity index (χ3n) is 2.32. The molecule has 0 radical (unpaired) electrons. The number of hydrogen-bond acceptors (Lipinski definition) is 3. The standard InChI is InChI=1S/C11H17BrN2O2.ClH/c1-2-3-4-8(7-13)14-11(15)9-5-6-10(12)16-9;/h5-6,8H,2-4,7,13H2,1H3,(H,14,15);1H. The average molecular weight is 326 g/mol. The van der Waals surface area contributed by atoms with E-state index >= 15 is 0 Å². The van der Waals surface area contributed by atoms with Crippen molar-refractivity contribution < 1.29 is 9.21 Å². The summed E-state index contributed by atoms with van der Waals surface area (Å²) in [6, 6.07) is 3.35. The highest BCUT2D eigenvalue weighted by Crippen LogP contribution is 2.14. The van der Waals surface area contributed by atoms with Crippen LogP contribution in [0.3, 0.4) is 0 Å². The van der Waals surface area contributed by atoms with E-state index in [9.17, 15) is 4.79 Å². The summed E-state index contributed by atoms with van der Waals surface area (Å²) in [5, 5.41) is 2.85. The van der Waals surface area contributed by atoms with Crippen LogP contribution in [-0.2, 0) is 0 Å². The Hall–Kier alpha value is -0.520. The van der Waals surface area contributed by atoms with Gasteiger partial charge in [-0.1, -0.05) is 19.8 Å². The van der Waals surface area contributed by atoms with E-state index in [-0.39, 0.29) is 24.4 Å². The Labute approximate surface area is 116 Å². The maximum atomic E-state index is 11.7. The van der Waals surface area contributed by atoms with Gasteiger partial charge in [-0.2, -0.15) is 0 Å². The van der Waals surface area contributed by atoms with Gasteiger partial charge in [0.25, 0.3) is 5.91 Å². The Kier molecular flexibility index (Phi) is 8.29. The SMILES string of the molecule is CCCCC(CN)NC(=O)c1ccc(Br)o1.Cl. The Morgan fingerprint density at radius 1 is 1.59 bits per heavy atom. The van der Waals surface area contributed by atoms with E-state index in [1.165, 1.54) is 0 Å². The van der Waals surface area contributed by atoms with Crippen molar-refractivity contribution in [2.45, 2.75) is 32.2 Å². The lowest BCUT2D eigenvalue weighted by atomic mass is 10.1. The van der Waals surface area contributed by atoms with Crippen molar-refractivity contribution in [1.29, 1.82) is 0 Å². The second kappa shape index (κ2) is 8.55. The largest absolute Gasteiger partial charge is 0.444 e. The molecular formula is C11H18BrClN2O2. The van der Waals surface area contributed by atoms with Crippen LogP contribution in [0.15, 0.2) is 21.2 Å². The summed E-state index contributed by atoms with van der Waals surface area (Å²) >= 11 is 3.15. The molecule has 17 heavy (non-hydrogen) atoms. The first-order chi connectivity index (χ1) is 7.67. The molecule has 98 valence electrons. The molecule has 6 heteroatoms. The van der Waals surface area contributed by atoms with Gasteiger partial charge in [0.05, 0.1) is 0 Å². The van der Waals surface area contributed by atoms with Gasteiger partial charge >= 0.3 is 0 Å². The first kappa shape index (κ1) is 16.5. The number of nitrogens with two attached hydrogens (primary N) is 1. The van der Waals surface area contributed by atoms with Crippen LogP contribution in [0.25, 0.3) is 0 Å². The molecule has 0 aromatic carbocycles. The number of carbonyl (C=O) groups is 1. The summed E-state index contributed by atoms with van der Waals surface area (Å²) in [5.74, 6) is 0.0964. The number of halogens is 2. The van der Waals surface area contributed by atoms with E-state index in [0.717, 1.165) is 19.3 Å². The monoisotopic (exact) mass is 324 g/mol. The molecule has 0 spiro atoms. The summed E-state index contributed by atoms with van der Waals surface area (Å²) in [7, 11) is 0. The van der Waals surface area contributed by atoms with Gasteiger partial charge in [0.1, 0.15) is 0 Å². The van der Waals surface area contributed by atoms with Crippen LogP contribution in [0.1, 0.15) is 36.7 Å². The van der Waals surface area contributed by atoms with Crippen molar-refractivity contribution >= 4 is 34.2 Å². The molecule has 3 N–H and O–H groups in total. The second-order valence-corrected chi connectivity index (χ2v) is 4.43. The molecule has 1 amide bonds. The molecule has 0 saturated carbocycles. The number of unbranched alkanes of at least 4 members (excludes halogenated alkanes) is 1. The van der Waals surface area contributed by atoms with Gasteiger partial charge in [-0.05, 0) is 34.5 Å². The number of furan rings is 1. The third-order valence-corrected chi connectivity index (χ3v) is 2.75. The fraction of sp³-hybridized carbons (Fsp3) is 0.545. The summed E-state index contributed by atoms with van der Waals surface area (Å²) in [4.78, 5) is 11.7. The van der Waals surface area contributed by atoms with Crippen molar-refractivity contribution in [3.63, 3.8) is 0 Å². The van der Waals surface area contributed by atoms with Crippen LogP contribution < -0.4 is 11.1 Å². The van der Waals surface area contributed by atoms with Crippen LogP contribution in [0.4, 0.5) is 0 Å². The van der Waals surface area contributed by atoms with Crippen molar-refractivity contribution in [1.82, 2.24) is 5.32 Å². The molecule has 0 bridgehead atoms. The van der Waals surface area contributed by atoms with Crippen LogP contribution in [0.5, 0.6) is 0 Å². The minimum Gasteiger partial charge on any atom is -0.444 e. The fourth-order valence-electron chi connectivity index (χ4n) is 1.39. The van der Waals surface area contributed by atoms with E-state index in [2.05, 4.69) is 28.2 Å². The third kappa shape index (κ3) is 5.57. The van der Waals surface area contributed by atoms with E-state index in [1.807, 2.05) is 0 Å². The maximum absolute atomic E-state index is 11.7. The molecule has 0 aliphatic heterocycles. The minimum absolute atomic E-state index is 0. The van der Waals surface area contributed by atoms with E-state index < -0.39 is 0 Å². The minimum atomic E-state index is -0.211. The molecule has 1 atom stereocenters. The zero-order chi connectivity index (χ0) is 12.0. The lowest BCUT2D eigenvalue weighted by Crippen LogP contribution is -2.40. The first-order valence-corrected chi connectivity index (χ1v) is 6.23. The summed E-state index contributed by atoms with van der Waals surface area (Å²) in [5.41, 5.74) is 5.59. The predicted octanol–water partition coefficient (Wildman–Crippen LogP) is 2.71. The zero-order valence-corrected chi connectivity index (χ0v) is 12.1. The van der Waals surface area contributed by atoms with Gasteiger partial charge in [0.2, 0.25) is 0 Å². The summed E-state index contributed by atoms with van der Waals surface area (Å²) in [6.45, 7) is 2.56. The number of amides is 1. The summed E-state index contributed by atoms with van der Waals surface area (Å²) < 4.78 is 5.71. The quantitative estimate of drug-likeness (QED) is 0.845. The molecule has 1 unspecified atom stereocenters. The van der Waals surface area contributed by atoms with E-state index in [1.54, 1.807) is 12.1 Å². The van der Waals surface area contributed by atoms with Crippen LogP contribution in [0, 0.1) is 0 Å². The number of rotatable bonds is 6. The molecular weight excluding hydrogens is 307 g/mol. The van der Waals surface area contributed by atoms with Gasteiger partial charge < -0.3 is 15.5 Å². The van der Waals surface area contributed by atoms with Gasteiger partial charge in [0, 0.05) is 12.6 Å². The molecule has 4 nitrogen and oxygen atoms in total. The highest BCUT2D eigenvalue weighted by molar-refractivity contribution is 9.10. The number of nitrogens with one attached hydrogen (secondary N) is 1. The van der Waals surface area contributed by atoms with Crippen molar-refractivity contribution in [2.75, 3.05) is 6.54 Å². The Morgan fingerprint density at radius 2 is 2.29 bits per heavy atom. The lowest BCUT2D eigenvalue weighted by Gasteiger charge is -2.15. The van der Waals surface area contributed by atoms with E-state index in [4.69, 9.17) is 10.2 Å². The lowest BCUT2D eigenvalue weighted by molar-refractivity contribution is 0.0906. The van der Waals surface area contributed by atoms with Crippen molar-refractivity contribution in [3.05, 3.63) is 22.6 Å². The average Bonchev–Trinajstić information content (AvgIpc) is 2.70. The van der Waals surface area contributed by atoms with Crippen molar-refractivity contribution in [2.24, 2.45) is 5.73 Å². The van der Waals surface area contributed by atoms with Gasteiger partial charge in [-0.25, -0.2) is 0 Å². The molecule has 0 aliphatic carbocycles. The smallest absolute Gasteiger partial charge is 0.287 e. The molecule has 1 heterocycles. The molecule has 1 rings (SSSR count). The number of hydrogen-bond donors (Lipinski definition) is 2. The van der Waals surface area contributed by atoms with Crippen molar-refractivity contribution in [3.8, 4) is 0 Å². The highest BCUT2D eigenvalue weighted by Gasteiger charge is 2.14. The highest BCUT2D eigenvalue weighted by atomic mass is 79.9. The Bertz CT molecular complexity index is 344. The maximum Gasteiger partial charge on any atom is 0.287 e. The van der Waals surface area contributed by atoms with Gasteiger partial charge in [0.15, 0.2) is 10.4 Å². The predicted molar refractivity (Wildman–Crippen MR) is 73.5 cm³/mol. The van der Waals surface area contributed by atoms with Crippen LogP contribution in [0.2, 0.25) is 0 Å². The van der Waals surface area contributed by atoms with Gasteiger partial charge in [-0.15, -0.1) is 12.4 Å². The molecule has 1 aromatic heterocycles. The topological polar surface area (TPSA) is 68.3 Å². The molecule has 0 fully saturated rings. The summed E-state index contributed by atoms with van der Waals surface area (Å²) in [6.07, 6.45) is 3.06. The molecule has 1 aromatic rings. The number of carbonyl (C=O) groups excluding carboxylic acids is 1. The molecule has 0 saturated heterocycles. The zero-order valence-electron chi connectivity index (χ0n) is 9.74. The van der Waals surface area contributed by atoms with Gasteiger partial charge in [-0.3, -0.25) is 4.79 Å². The Balaban J connectivity index is 0.00000256. The fourth-order valence-corrected chi connectivity index (χ4v) is 1.70. The van der Waals surface area contributed by atoms with E-state index in [0.29, 0.717) is 17.0 Å². The normalized spacial score (nSPS) is 11.7. The second-order valence-electron chi connectivity index (χ2n) is 3.65. The Morgan fingerprint density at radius 3 is 2.76 bits per heavy atom. The molecule has 0 aliphatic rings. The van der Waals surface area contributed by atoms with Crippen LogP contribution >= 0.6 is 28.3 Å². The first-order valence-electron chi connectivity index (χ1n) is 5.43. The van der Waals surface area contributed by atoms with Crippen LogP contribution in [-0.4, -0.2) is 18.5 Å².